The van der Waals surface area contributed by atoms with Gasteiger partial charge in [-0.15, -0.1) is 0 Å². The Morgan fingerprint density at radius 2 is 1.50 bits per heavy atom. The summed E-state index contributed by atoms with van der Waals surface area (Å²) in [7, 11) is 0. The third-order valence-electron chi connectivity index (χ3n) is 5.60. The van der Waals surface area contributed by atoms with E-state index in [1.54, 1.807) is 36.4 Å². The van der Waals surface area contributed by atoms with E-state index in [1.165, 1.54) is 11.8 Å². The highest BCUT2D eigenvalue weighted by atomic mass is 35.5. The van der Waals surface area contributed by atoms with Crippen molar-refractivity contribution < 1.29 is 19.0 Å². The summed E-state index contributed by atoms with van der Waals surface area (Å²) < 4.78 is 17.6. The van der Waals surface area contributed by atoms with Crippen molar-refractivity contribution in [2.45, 2.75) is 27.1 Å². The number of amides is 1. The van der Waals surface area contributed by atoms with Crippen LogP contribution in [0.15, 0.2) is 96.1 Å². The fraction of sp³-hybridized carbons (Fsp3) is 0.161. The lowest BCUT2D eigenvalue weighted by molar-refractivity contribution is 0.0954. The molecule has 6 nitrogen and oxygen atoms in total. The third-order valence-corrected chi connectivity index (χ3v) is 5.83. The average molecular weight is 529 g/mol. The van der Waals surface area contributed by atoms with Crippen LogP contribution in [0.25, 0.3) is 0 Å². The Hall–Kier alpha value is -4.29. The zero-order chi connectivity index (χ0) is 26.7. The van der Waals surface area contributed by atoms with Crippen LogP contribution in [0.5, 0.6) is 17.2 Å². The maximum atomic E-state index is 12.8. The molecule has 0 heterocycles. The van der Waals surface area contributed by atoms with Gasteiger partial charge < -0.3 is 14.2 Å². The lowest BCUT2D eigenvalue weighted by atomic mass is 10.1. The summed E-state index contributed by atoms with van der Waals surface area (Å²) in [6.45, 7) is 5.14. The van der Waals surface area contributed by atoms with Crippen LogP contribution in [0.4, 0.5) is 0 Å². The van der Waals surface area contributed by atoms with Gasteiger partial charge >= 0.3 is 0 Å². The molecule has 0 atom stereocenters. The maximum absolute atomic E-state index is 12.8. The topological polar surface area (TPSA) is 69.2 Å². The van der Waals surface area contributed by atoms with Gasteiger partial charge in [-0.2, -0.15) is 5.10 Å². The Morgan fingerprint density at radius 1 is 0.816 bits per heavy atom. The van der Waals surface area contributed by atoms with E-state index in [9.17, 15) is 4.79 Å². The smallest absolute Gasteiger partial charge is 0.271 e. The first-order chi connectivity index (χ1) is 18.5. The largest absolute Gasteiger partial charge is 0.490 e. The van der Waals surface area contributed by atoms with Crippen molar-refractivity contribution in [1.29, 1.82) is 0 Å². The second-order valence-corrected chi connectivity index (χ2v) is 8.96. The second-order valence-electron chi connectivity index (χ2n) is 8.52. The molecule has 0 aliphatic carbocycles. The van der Waals surface area contributed by atoms with Gasteiger partial charge in [-0.25, -0.2) is 5.43 Å². The first-order valence-electron chi connectivity index (χ1n) is 12.3. The number of rotatable bonds is 11. The standard InChI is InChI=1S/C31H29ClN2O4/c1-3-36-30-18-25(13-15-29(30)38-20-23-7-5-4-6-8-23)31(35)34-33-19-26-17-27(32)14-16-28(26)37-21-24-11-9-22(2)10-12-24/h4-19H,3,20-21H2,1-2H3,(H,34,35)/b33-19+. The molecular weight excluding hydrogens is 500 g/mol. The molecule has 0 bridgehead atoms. The fourth-order valence-corrected chi connectivity index (χ4v) is 3.77. The van der Waals surface area contributed by atoms with Crippen LogP contribution in [0.2, 0.25) is 5.02 Å². The van der Waals surface area contributed by atoms with Crippen LogP contribution >= 0.6 is 11.6 Å². The van der Waals surface area contributed by atoms with Crippen LogP contribution in [0, 0.1) is 6.92 Å². The summed E-state index contributed by atoms with van der Waals surface area (Å²) in [6.07, 6.45) is 1.51. The number of carbonyl (C=O) groups excluding carboxylic acids is 1. The molecule has 0 fully saturated rings. The number of hydrogen-bond acceptors (Lipinski definition) is 5. The van der Waals surface area contributed by atoms with E-state index < -0.39 is 0 Å². The van der Waals surface area contributed by atoms with Crippen molar-refractivity contribution in [2.24, 2.45) is 5.10 Å². The summed E-state index contributed by atoms with van der Waals surface area (Å²) in [5, 5.41) is 4.66. The molecule has 0 aliphatic rings. The first kappa shape index (κ1) is 26.8. The lowest BCUT2D eigenvalue weighted by Gasteiger charge is -2.13. The molecule has 0 aliphatic heterocycles. The highest BCUT2D eigenvalue weighted by Gasteiger charge is 2.12. The van der Waals surface area contributed by atoms with Crippen LogP contribution in [0.3, 0.4) is 0 Å². The molecule has 0 saturated carbocycles. The molecule has 0 unspecified atom stereocenters. The molecule has 0 saturated heterocycles. The lowest BCUT2D eigenvalue weighted by Crippen LogP contribution is -2.18. The molecule has 4 aromatic rings. The number of benzene rings is 4. The van der Waals surface area contributed by atoms with Gasteiger partial charge in [0.15, 0.2) is 11.5 Å². The molecule has 0 spiro atoms. The van der Waals surface area contributed by atoms with Crippen LogP contribution in [-0.2, 0) is 13.2 Å². The quantitative estimate of drug-likeness (QED) is 0.168. The summed E-state index contributed by atoms with van der Waals surface area (Å²) in [4.78, 5) is 12.8. The minimum absolute atomic E-state index is 0.388. The Labute approximate surface area is 227 Å². The number of aryl methyl sites for hydroxylation is 1. The van der Waals surface area contributed by atoms with Gasteiger partial charge in [0.05, 0.1) is 12.8 Å². The van der Waals surface area contributed by atoms with E-state index in [0.717, 1.165) is 11.1 Å². The predicted molar refractivity (Wildman–Crippen MR) is 150 cm³/mol. The number of carbonyl (C=O) groups is 1. The molecular formula is C31H29ClN2O4. The molecule has 0 aromatic heterocycles. The summed E-state index contributed by atoms with van der Waals surface area (Å²) in [6, 6.07) is 28.3. The average Bonchev–Trinajstić information content (AvgIpc) is 2.93. The maximum Gasteiger partial charge on any atom is 0.271 e. The minimum Gasteiger partial charge on any atom is -0.490 e. The van der Waals surface area contributed by atoms with Gasteiger partial charge in [0.2, 0.25) is 0 Å². The molecule has 0 radical (unpaired) electrons. The van der Waals surface area contributed by atoms with Gasteiger partial charge in [-0.05, 0) is 61.4 Å². The highest BCUT2D eigenvalue weighted by molar-refractivity contribution is 6.30. The normalized spacial score (nSPS) is 10.8. The van der Waals surface area contributed by atoms with Crippen LogP contribution in [-0.4, -0.2) is 18.7 Å². The molecule has 4 aromatic carbocycles. The summed E-state index contributed by atoms with van der Waals surface area (Å²) >= 11 is 6.19. The van der Waals surface area contributed by atoms with E-state index in [0.29, 0.717) is 53.2 Å². The molecule has 1 N–H and O–H groups in total. The van der Waals surface area contributed by atoms with Crippen LogP contribution in [0.1, 0.15) is 39.5 Å². The zero-order valence-electron chi connectivity index (χ0n) is 21.3. The van der Waals surface area contributed by atoms with Gasteiger partial charge in [-0.1, -0.05) is 71.8 Å². The molecule has 4 rings (SSSR count). The van der Waals surface area contributed by atoms with Gasteiger partial charge in [0.25, 0.3) is 5.91 Å². The number of halogens is 1. The van der Waals surface area contributed by atoms with E-state index in [4.69, 9.17) is 25.8 Å². The molecule has 7 heteroatoms. The van der Waals surface area contributed by atoms with Crippen molar-refractivity contribution in [3.05, 3.63) is 124 Å². The van der Waals surface area contributed by atoms with Crippen molar-refractivity contribution in [3.63, 3.8) is 0 Å². The number of hydrazone groups is 1. The Kier molecular flexibility index (Phi) is 9.37. The van der Waals surface area contributed by atoms with Crippen molar-refractivity contribution in [2.75, 3.05) is 6.61 Å². The van der Waals surface area contributed by atoms with E-state index in [2.05, 4.69) is 10.5 Å². The van der Waals surface area contributed by atoms with Gasteiger partial charge in [-0.3, -0.25) is 4.79 Å². The Balaban J connectivity index is 1.41. The predicted octanol–water partition coefficient (Wildman–Crippen LogP) is 6.97. The van der Waals surface area contributed by atoms with Crippen LogP contribution < -0.4 is 19.6 Å². The number of nitrogens with zero attached hydrogens (tertiary/aromatic N) is 1. The zero-order valence-corrected chi connectivity index (χ0v) is 22.1. The SMILES string of the molecule is CCOc1cc(C(=O)N/N=C/c2cc(Cl)ccc2OCc2ccc(C)cc2)ccc1OCc1ccccc1. The number of ether oxygens (including phenoxy) is 3. The number of nitrogens with one attached hydrogen (secondary N) is 1. The molecule has 194 valence electrons. The highest BCUT2D eigenvalue weighted by Crippen LogP contribution is 2.29. The second kappa shape index (κ2) is 13.3. The van der Waals surface area contributed by atoms with Gasteiger partial charge in [0.1, 0.15) is 19.0 Å². The summed E-state index contributed by atoms with van der Waals surface area (Å²) in [5.74, 6) is 1.26. The van der Waals surface area contributed by atoms with Crippen molar-refractivity contribution in [3.8, 4) is 17.2 Å². The van der Waals surface area contributed by atoms with E-state index >= 15 is 0 Å². The molecule has 38 heavy (non-hydrogen) atoms. The minimum atomic E-state index is -0.388. The third kappa shape index (κ3) is 7.60. The number of hydrogen-bond donors (Lipinski definition) is 1. The Morgan fingerprint density at radius 3 is 2.24 bits per heavy atom. The van der Waals surface area contributed by atoms with Crippen molar-refractivity contribution >= 4 is 23.7 Å². The van der Waals surface area contributed by atoms with E-state index in [1.807, 2.05) is 68.4 Å². The summed E-state index contributed by atoms with van der Waals surface area (Å²) in [5.41, 5.74) is 6.86. The fourth-order valence-electron chi connectivity index (χ4n) is 3.59. The van der Waals surface area contributed by atoms with Gasteiger partial charge in [0, 0.05) is 16.1 Å². The van der Waals surface area contributed by atoms with E-state index in [-0.39, 0.29) is 5.91 Å². The van der Waals surface area contributed by atoms with Crippen molar-refractivity contribution in [1.82, 2.24) is 5.43 Å². The monoisotopic (exact) mass is 528 g/mol. The Bertz CT molecular complexity index is 1390. The first-order valence-corrected chi connectivity index (χ1v) is 12.6. The molecule has 1 amide bonds.